The molecule has 0 saturated carbocycles. The van der Waals surface area contributed by atoms with E-state index in [-0.39, 0.29) is 62.8 Å². The van der Waals surface area contributed by atoms with Gasteiger partial charge in [0.05, 0.1) is 99.1 Å². The third kappa shape index (κ3) is 28.6. The molecule has 3 aliphatic heterocycles. The predicted octanol–water partition coefficient (Wildman–Crippen LogP) is 15.6. The van der Waals surface area contributed by atoms with Crippen molar-refractivity contribution in [2.75, 3.05) is 141 Å². The third-order valence-electron chi connectivity index (χ3n) is 19.8. The maximum atomic E-state index is 14.0. The second-order valence-electron chi connectivity index (χ2n) is 27.9. The number of nitro benzene ring substituents is 2. The van der Waals surface area contributed by atoms with Crippen LogP contribution in [0.25, 0.3) is 0 Å². The van der Waals surface area contributed by atoms with Gasteiger partial charge in [-0.15, -0.1) is 0 Å². The molecule has 624 valence electrons. The number of ketones is 4. The Morgan fingerprint density at radius 2 is 0.773 bits per heavy atom. The van der Waals surface area contributed by atoms with Crippen molar-refractivity contribution in [2.45, 2.75) is 70.6 Å². The number of ether oxygens (including phenoxy) is 6. The Labute approximate surface area is 690 Å². The molecular weight excluding hydrogens is 1530 g/mol. The van der Waals surface area contributed by atoms with Gasteiger partial charge < -0.3 is 49.7 Å². The second-order valence-corrected chi connectivity index (χ2v) is 27.9. The van der Waals surface area contributed by atoms with Gasteiger partial charge in [0.25, 0.3) is 35.0 Å². The standard InChI is InChI=1S/C25H25NO3.C24H29FN2O5.2C21H23N3O5/c1-29-21-17-15-20(16-18-21)25(28)26-23-13-7-6-12-22(23)24(27)14-8-5-11-19-9-3-2-4-10-19;1-30-22-15-18(21(28)9-5-6-10-27-11-13-32-14-12-27)20(16-23(22)31-2)26-24(29)17-7-3-4-8-19(17)25;25-20(10-5-11-23-12-14-29-15-13-23)16-6-1-3-8-18(16)22-21(26)17-7-2-4-9-19(17)24(27)28;25-20(9-4-10-23-11-13-29-14-12-23)18-7-1-2-8-19(18)22-21(26)16-5-3-6-17(15-16)24(27)28/h2-4,6-7,9-10,12-13,15-18H,5,8,11,14H2,1H3,(H,26,28);3-4,7-8,15-16H,5-6,9-14H2,1-2H3,(H,26,29);1-4,6-9H,5,10-15H2,(H,22,26);1-3,5-8,15H,4,9-14H2,(H,22,26). The number of halogens is 1. The highest BCUT2D eigenvalue weighted by molar-refractivity contribution is 6.13. The summed E-state index contributed by atoms with van der Waals surface area (Å²) in [4.78, 5) is 129. The number of methoxy groups -OCH3 is 3. The van der Waals surface area contributed by atoms with E-state index in [9.17, 15) is 63.0 Å². The lowest BCUT2D eigenvalue weighted by Gasteiger charge is -2.26. The van der Waals surface area contributed by atoms with Gasteiger partial charge in [0.1, 0.15) is 17.1 Å². The summed E-state index contributed by atoms with van der Waals surface area (Å²) in [7, 11) is 4.52. The molecule has 0 unspecified atom stereocenters. The van der Waals surface area contributed by atoms with E-state index < -0.39 is 33.4 Å². The van der Waals surface area contributed by atoms with Gasteiger partial charge in [-0.3, -0.25) is 73.3 Å². The topological polar surface area (TPSA) is 336 Å². The van der Waals surface area contributed by atoms with Gasteiger partial charge in [-0.2, -0.15) is 0 Å². The number of unbranched alkanes of at least 4 members (excludes halogenated alkanes) is 2. The highest BCUT2D eigenvalue weighted by Crippen LogP contribution is 2.35. The molecule has 9 aromatic rings. The van der Waals surface area contributed by atoms with Gasteiger partial charge in [0.2, 0.25) is 0 Å². The zero-order valence-corrected chi connectivity index (χ0v) is 67.1. The van der Waals surface area contributed by atoms with E-state index in [0.29, 0.717) is 114 Å². The van der Waals surface area contributed by atoms with E-state index in [2.05, 4.69) is 48.1 Å². The molecule has 0 spiro atoms. The van der Waals surface area contributed by atoms with Crippen molar-refractivity contribution in [2.24, 2.45) is 0 Å². The number of aryl methyl sites for hydroxylation is 1. The first kappa shape index (κ1) is 90.3. The Hall–Kier alpha value is -12.6. The lowest BCUT2D eigenvalue weighted by molar-refractivity contribution is -0.385. The number of hydrogen-bond acceptors (Lipinski definition) is 21. The Morgan fingerprint density at radius 1 is 0.370 bits per heavy atom. The SMILES string of the molecule is COc1cc(NC(=O)c2ccccc2F)c(C(=O)CCCCN2CCOCC2)cc1OC.COc1ccc(C(=O)Nc2ccccc2C(=O)CCCCc2ccccc2)cc1.O=C(CCCN1CCOCC1)c1ccccc1NC(=O)c1ccccc1[N+](=O)[O-].O=C(Nc1ccccc1C(=O)CCCN1CCOCC1)c1cccc([N+](=O)[O-])c1. The lowest BCUT2D eigenvalue weighted by atomic mass is 10.0. The number of anilines is 4. The van der Waals surface area contributed by atoms with Crippen LogP contribution in [-0.4, -0.2) is 191 Å². The maximum Gasteiger partial charge on any atom is 0.282 e. The Bertz CT molecular complexity index is 4900. The number of para-hydroxylation sites is 4. The van der Waals surface area contributed by atoms with E-state index in [0.717, 1.165) is 117 Å². The summed E-state index contributed by atoms with van der Waals surface area (Å²) in [6, 6.07) is 57.8. The average molecular weight is 1630 g/mol. The normalized spacial score (nSPS) is 13.3. The molecule has 27 nitrogen and oxygen atoms in total. The number of non-ortho nitro benzene ring substituents is 1. The van der Waals surface area contributed by atoms with Crippen LogP contribution in [0.2, 0.25) is 0 Å². The summed E-state index contributed by atoms with van der Waals surface area (Å²) in [5.41, 5.74) is 4.62. The number of amides is 4. The van der Waals surface area contributed by atoms with Crippen LogP contribution in [0.5, 0.6) is 17.2 Å². The summed E-state index contributed by atoms with van der Waals surface area (Å²) in [5.74, 6) is -1.42. The molecule has 3 heterocycles. The van der Waals surface area contributed by atoms with Gasteiger partial charge in [-0.05, 0) is 161 Å². The van der Waals surface area contributed by atoms with Gasteiger partial charge in [0.15, 0.2) is 34.6 Å². The lowest BCUT2D eigenvalue weighted by Crippen LogP contribution is -2.36. The Balaban J connectivity index is 0.000000181. The fourth-order valence-corrected chi connectivity index (χ4v) is 13.3. The number of morpholine rings is 3. The van der Waals surface area contributed by atoms with Crippen LogP contribution in [0.1, 0.15) is 153 Å². The third-order valence-corrected chi connectivity index (χ3v) is 19.8. The number of nitrogens with one attached hydrogen (secondary N) is 4. The van der Waals surface area contributed by atoms with Gasteiger partial charge in [-0.1, -0.05) is 97.1 Å². The number of Topliss-reactive ketones (excluding diaryl/α,β-unsaturated/α-hetero) is 4. The van der Waals surface area contributed by atoms with Crippen LogP contribution in [0.4, 0.5) is 38.5 Å². The summed E-state index contributed by atoms with van der Waals surface area (Å²) in [6.45, 7) is 12.3. The molecule has 9 aromatic carbocycles. The molecule has 3 saturated heterocycles. The molecule has 0 aliphatic carbocycles. The van der Waals surface area contributed by atoms with Crippen LogP contribution in [0, 0.1) is 26.0 Å². The quantitative estimate of drug-likeness (QED) is 0.0124. The number of carbonyl (C=O) groups excluding carboxylic acids is 8. The molecule has 0 bridgehead atoms. The first-order valence-corrected chi connectivity index (χ1v) is 39.5. The molecular formula is C91H100FN9O18. The zero-order valence-electron chi connectivity index (χ0n) is 67.1. The molecule has 28 heteroatoms. The molecule has 3 fully saturated rings. The summed E-state index contributed by atoms with van der Waals surface area (Å²) < 4.78 is 45.8. The number of carbonyl (C=O) groups is 8. The maximum absolute atomic E-state index is 14.0. The van der Waals surface area contributed by atoms with Crippen molar-refractivity contribution < 1.29 is 81.0 Å². The Morgan fingerprint density at radius 3 is 1.26 bits per heavy atom. The molecule has 0 aromatic heterocycles. The number of nitrogens with zero attached hydrogens (tertiary/aromatic N) is 5. The minimum absolute atomic E-state index is 0.0451. The number of hydrogen-bond donors (Lipinski definition) is 4. The predicted molar refractivity (Wildman–Crippen MR) is 452 cm³/mol. The molecule has 4 amide bonds. The average Bonchev–Trinajstić information content (AvgIpc) is 0.811. The van der Waals surface area contributed by atoms with Crippen LogP contribution in [-0.2, 0) is 20.6 Å². The van der Waals surface area contributed by atoms with Crippen molar-refractivity contribution in [1.82, 2.24) is 14.7 Å². The first-order chi connectivity index (χ1) is 57.8. The minimum Gasteiger partial charge on any atom is -0.497 e. The van der Waals surface area contributed by atoms with Crippen LogP contribution in [0.3, 0.4) is 0 Å². The van der Waals surface area contributed by atoms with Crippen molar-refractivity contribution in [1.29, 1.82) is 0 Å². The van der Waals surface area contributed by atoms with E-state index in [4.69, 9.17) is 28.4 Å². The van der Waals surface area contributed by atoms with Crippen molar-refractivity contribution in [3.05, 3.63) is 288 Å². The minimum atomic E-state index is -0.642. The van der Waals surface area contributed by atoms with Gasteiger partial charge >= 0.3 is 0 Å². The molecule has 0 radical (unpaired) electrons. The number of rotatable bonds is 35. The van der Waals surface area contributed by atoms with Crippen LogP contribution in [0.15, 0.2) is 212 Å². The smallest absolute Gasteiger partial charge is 0.282 e. The summed E-state index contributed by atoms with van der Waals surface area (Å²) in [5, 5.41) is 32.9. The van der Waals surface area contributed by atoms with Crippen molar-refractivity contribution >= 4 is 80.9 Å². The molecule has 0 atom stereocenters. The van der Waals surface area contributed by atoms with E-state index >= 15 is 0 Å². The van der Waals surface area contributed by atoms with E-state index in [1.54, 1.807) is 110 Å². The fraction of sp³-hybridized carbons (Fsp3) is 0.319. The Kier molecular flexibility index (Phi) is 36.6. The van der Waals surface area contributed by atoms with Gasteiger partial charge in [0, 0.05) is 123 Å². The van der Waals surface area contributed by atoms with Crippen LogP contribution < -0.4 is 35.5 Å². The number of benzene rings is 9. The highest BCUT2D eigenvalue weighted by Gasteiger charge is 2.25. The van der Waals surface area contributed by atoms with Crippen molar-refractivity contribution in [3.63, 3.8) is 0 Å². The second kappa shape index (κ2) is 48.2. The van der Waals surface area contributed by atoms with Crippen molar-refractivity contribution in [3.8, 4) is 17.2 Å². The largest absolute Gasteiger partial charge is 0.497 e. The van der Waals surface area contributed by atoms with Crippen LogP contribution >= 0.6 is 0 Å². The summed E-state index contributed by atoms with van der Waals surface area (Å²) >= 11 is 0. The molecule has 12 rings (SSSR count). The first-order valence-electron chi connectivity index (χ1n) is 39.5. The molecule has 119 heavy (non-hydrogen) atoms. The molecule has 4 N–H and O–H groups in total. The van der Waals surface area contributed by atoms with E-state index in [1.165, 1.54) is 86.5 Å². The van der Waals surface area contributed by atoms with Gasteiger partial charge in [-0.25, -0.2) is 4.39 Å². The zero-order chi connectivity index (χ0) is 84.7. The van der Waals surface area contributed by atoms with E-state index in [1.807, 2.05) is 30.3 Å². The fourth-order valence-electron chi connectivity index (χ4n) is 13.3. The summed E-state index contributed by atoms with van der Waals surface area (Å²) in [6.07, 6.45) is 7.29. The monoisotopic (exact) mass is 1630 g/mol. The number of nitro groups is 2. The highest BCUT2D eigenvalue weighted by atomic mass is 19.1. The molecule has 3 aliphatic rings.